The van der Waals surface area contributed by atoms with Gasteiger partial charge in [0.2, 0.25) is 5.91 Å². The van der Waals surface area contributed by atoms with E-state index in [1.165, 1.54) is 17.3 Å². The van der Waals surface area contributed by atoms with Crippen LogP contribution in [0.1, 0.15) is 31.0 Å². The van der Waals surface area contributed by atoms with Crippen molar-refractivity contribution in [2.24, 2.45) is 0 Å². The minimum absolute atomic E-state index is 0.0470. The van der Waals surface area contributed by atoms with Crippen molar-refractivity contribution in [1.82, 2.24) is 14.8 Å². The average molecular weight is 387 g/mol. The quantitative estimate of drug-likeness (QED) is 0.610. The summed E-state index contributed by atoms with van der Waals surface area (Å²) in [5, 5.41) is 14.4. The molecular formula is C19H22N4OS2. The summed E-state index contributed by atoms with van der Waals surface area (Å²) >= 11 is 3.05. The van der Waals surface area contributed by atoms with Crippen molar-refractivity contribution in [1.29, 1.82) is 0 Å². The molecule has 2 heterocycles. The highest BCUT2D eigenvalue weighted by atomic mass is 32.2. The lowest BCUT2D eigenvalue weighted by molar-refractivity contribution is -0.113. The van der Waals surface area contributed by atoms with Crippen molar-refractivity contribution >= 4 is 34.7 Å². The van der Waals surface area contributed by atoms with E-state index in [0.29, 0.717) is 5.75 Å². The number of nitrogens with one attached hydrogen (secondary N) is 1. The monoisotopic (exact) mass is 386 g/mol. The fourth-order valence-corrected chi connectivity index (χ4v) is 4.13. The Labute approximate surface area is 161 Å². The number of carbonyl (C=O) groups excluding carboxylic acids is 1. The van der Waals surface area contributed by atoms with Crippen LogP contribution in [-0.4, -0.2) is 26.4 Å². The molecule has 0 saturated carbocycles. The number of amides is 1. The minimum Gasteiger partial charge on any atom is -0.325 e. The van der Waals surface area contributed by atoms with Gasteiger partial charge in [0.1, 0.15) is 0 Å². The Bertz CT molecular complexity index is 900. The van der Waals surface area contributed by atoms with Gasteiger partial charge in [0, 0.05) is 11.7 Å². The molecular weight excluding hydrogens is 364 g/mol. The van der Waals surface area contributed by atoms with Crippen LogP contribution in [0.15, 0.2) is 40.9 Å². The molecule has 0 unspecified atom stereocenters. The zero-order valence-corrected chi connectivity index (χ0v) is 16.9. The zero-order valence-electron chi connectivity index (χ0n) is 15.3. The molecule has 0 aliphatic heterocycles. The first-order chi connectivity index (χ1) is 12.5. The van der Waals surface area contributed by atoms with Crippen LogP contribution in [0, 0.1) is 13.8 Å². The van der Waals surface area contributed by atoms with Crippen molar-refractivity contribution in [3.63, 3.8) is 0 Å². The maximum Gasteiger partial charge on any atom is 0.234 e. The Morgan fingerprint density at radius 2 is 2.04 bits per heavy atom. The number of aryl methyl sites for hydroxylation is 2. The molecule has 0 bridgehead atoms. The normalized spacial score (nSPS) is 11.1. The van der Waals surface area contributed by atoms with E-state index in [1.54, 1.807) is 11.3 Å². The number of aromatic nitrogens is 3. The van der Waals surface area contributed by atoms with Gasteiger partial charge in [-0.1, -0.05) is 23.9 Å². The molecule has 26 heavy (non-hydrogen) atoms. The fraction of sp³-hybridized carbons (Fsp3) is 0.316. The highest BCUT2D eigenvalue weighted by Crippen LogP contribution is 2.30. The van der Waals surface area contributed by atoms with Crippen LogP contribution in [0.4, 0.5) is 5.69 Å². The predicted octanol–water partition coefficient (Wildman–Crippen LogP) is 4.94. The smallest absolute Gasteiger partial charge is 0.234 e. The average Bonchev–Trinajstić information content (AvgIpc) is 3.25. The van der Waals surface area contributed by atoms with Crippen molar-refractivity contribution in [3.05, 3.63) is 46.8 Å². The summed E-state index contributed by atoms with van der Waals surface area (Å²) in [6, 6.07) is 10.2. The van der Waals surface area contributed by atoms with Crippen molar-refractivity contribution in [3.8, 4) is 10.7 Å². The molecule has 0 aliphatic carbocycles. The first-order valence-corrected chi connectivity index (χ1v) is 10.3. The fourth-order valence-electron chi connectivity index (χ4n) is 2.56. The van der Waals surface area contributed by atoms with Crippen LogP contribution in [0.3, 0.4) is 0 Å². The molecule has 3 rings (SSSR count). The minimum atomic E-state index is -0.0470. The SMILES string of the molecule is Cc1ccc(NC(=O)CSc2nnc(-c3cccs3)n2C(C)C)cc1C. The molecule has 0 fully saturated rings. The Kier molecular flexibility index (Phi) is 5.78. The second-order valence-corrected chi connectivity index (χ2v) is 8.27. The molecule has 0 atom stereocenters. The Morgan fingerprint density at radius 1 is 1.23 bits per heavy atom. The van der Waals surface area contributed by atoms with Crippen molar-refractivity contribution < 1.29 is 4.79 Å². The first kappa shape index (κ1) is 18.7. The summed E-state index contributed by atoms with van der Waals surface area (Å²) in [6.07, 6.45) is 0. The third-order valence-corrected chi connectivity index (χ3v) is 5.85. The lowest BCUT2D eigenvalue weighted by atomic mass is 10.1. The highest BCUT2D eigenvalue weighted by molar-refractivity contribution is 7.99. The zero-order chi connectivity index (χ0) is 18.7. The van der Waals surface area contributed by atoms with Crippen LogP contribution >= 0.6 is 23.1 Å². The molecule has 136 valence electrons. The van der Waals surface area contributed by atoms with Gasteiger partial charge in [0.05, 0.1) is 10.6 Å². The molecule has 0 spiro atoms. The summed E-state index contributed by atoms with van der Waals surface area (Å²) in [7, 11) is 0. The van der Waals surface area contributed by atoms with Gasteiger partial charge in [-0.3, -0.25) is 9.36 Å². The van der Waals surface area contributed by atoms with Crippen LogP contribution < -0.4 is 5.32 Å². The number of thioether (sulfide) groups is 1. The molecule has 0 saturated heterocycles. The van der Waals surface area contributed by atoms with Gasteiger partial charge in [0.25, 0.3) is 0 Å². The number of carbonyl (C=O) groups is 1. The van der Waals surface area contributed by atoms with E-state index in [2.05, 4.69) is 40.9 Å². The molecule has 1 N–H and O–H groups in total. The second kappa shape index (κ2) is 8.05. The van der Waals surface area contributed by atoms with Crippen LogP contribution in [0.25, 0.3) is 10.7 Å². The number of nitrogens with zero attached hydrogens (tertiary/aromatic N) is 3. The Hall–Kier alpha value is -2.12. The third kappa shape index (κ3) is 4.16. The lowest BCUT2D eigenvalue weighted by Gasteiger charge is -2.13. The molecule has 3 aromatic rings. The number of anilines is 1. The summed E-state index contributed by atoms with van der Waals surface area (Å²) in [6.45, 7) is 8.29. The maximum absolute atomic E-state index is 12.3. The van der Waals surface area contributed by atoms with Gasteiger partial charge in [-0.15, -0.1) is 21.5 Å². The molecule has 0 radical (unpaired) electrons. The third-order valence-electron chi connectivity index (χ3n) is 4.05. The van der Waals surface area contributed by atoms with Crippen molar-refractivity contribution in [2.75, 3.05) is 11.1 Å². The second-order valence-electron chi connectivity index (χ2n) is 6.38. The van der Waals surface area contributed by atoms with E-state index in [4.69, 9.17) is 0 Å². The number of hydrogen-bond donors (Lipinski definition) is 1. The summed E-state index contributed by atoms with van der Waals surface area (Å²) < 4.78 is 2.08. The van der Waals surface area contributed by atoms with Crippen molar-refractivity contribution in [2.45, 2.75) is 38.9 Å². The van der Waals surface area contributed by atoms with Crippen LogP contribution in [-0.2, 0) is 4.79 Å². The Morgan fingerprint density at radius 3 is 2.69 bits per heavy atom. The van der Waals surface area contributed by atoms with Crippen LogP contribution in [0.2, 0.25) is 0 Å². The van der Waals surface area contributed by atoms with E-state index in [-0.39, 0.29) is 11.9 Å². The van der Waals surface area contributed by atoms with Gasteiger partial charge in [-0.2, -0.15) is 0 Å². The largest absolute Gasteiger partial charge is 0.325 e. The van der Waals surface area contributed by atoms with E-state index < -0.39 is 0 Å². The van der Waals surface area contributed by atoms with Gasteiger partial charge >= 0.3 is 0 Å². The van der Waals surface area contributed by atoms with E-state index in [0.717, 1.165) is 27.1 Å². The number of benzene rings is 1. The van der Waals surface area contributed by atoms with Gasteiger partial charge in [-0.05, 0) is 62.4 Å². The van der Waals surface area contributed by atoms with Crippen LogP contribution in [0.5, 0.6) is 0 Å². The van der Waals surface area contributed by atoms with E-state index in [9.17, 15) is 4.79 Å². The molecule has 5 nitrogen and oxygen atoms in total. The molecule has 7 heteroatoms. The van der Waals surface area contributed by atoms with E-state index in [1.807, 2.05) is 42.6 Å². The summed E-state index contributed by atoms with van der Waals surface area (Å²) in [5.41, 5.74) is 3.20. The number of thiophene rings is 1. The summed E-state index contributed by atoms with van der Waals surface area (Å²) in [5.74, 6) is 1.10. The highest BCUT2D eigenvalue weighted by Gasteiger charge is 2.18. The molecule has 1 amide bonds. The predicted molar refractivity (Wildman–Crippen MR) is 109 cm³/mol. The molecule has 2 aromatic heterocycles. The summed E-state index contributed by atoms with van der Waals surface area (Å²) in [4.78, 5) is 13.4. The molecule has 1 aromatic carbocycles. The Balaban J connectivity index is 1.69. The van der Waals surface area contributed by atoms with Gasteiger partial charge in [0.15, 0.2) is 11.0 Å². The maximum atomic E-state index is 12.3. The van der Waals surface area contributed by atoms with E-state index >= 15 is 0 Å². The van der Waals surface area contributed by atoms with Gasteiger partial charge in [-0.25, -0.2) is 0 Å². The topological polar surface area (TPSA) is 59.8 Å². The molecule has 0 aliphatic rings. The number of hydrogen-bond acceptors (Lipinski definition) is 5. The number of rotatable bonds is 6. The lowest BCUT2D eigenvalue weighted by Crippen LogP contribution is -2.15. The standard InChI is InChI=1S/C19H22N4OS2/c1-12(2)23-18(16-6-5-9-25-16)21-22-19(23)26-11-17(24)20-15-8-7-13(3)14(4)10-15/h5-10,12H,11H2,1-4H3,(H,20,24). The van der Waals surface area contributed by atoms with Gasteiger partial charge < -0.3 is 5.32 Å². The first-order valence-electron chi connectivity index (χ1n) is 8.44.